The van der Waals surface area contributed by atoms with Gasteiger partial charge in [-0.25, -0.2) is 0 Å². The number of hydrogen-bond acceptors (Lipinski definition) is 4. The van der Waals surface area contributed by atoms with E-state index in [1.165, 1.54) is 22.3 Å². The first kappa shape index (κ1) is 33.3. The third-order valence-corrected chi connectivity index (χ3v) is 4.20. The van der Waals surface area contributed by atoms with Gasteiger partial charge in [-0.1, -0.05) is 68.3 Å². The smallest absolute Gasteiger partial charge is 0.129 e. The summed E-state index contributed by atoms with van der Waals surface area (Å²) in [5.74, 6) is 0.255. The quantitative estimate of drug-likeness (QED) is 0.321. The maximum absolute atomic E-state index is 9.81. The molecule has 4 heteroatoms. The van der Waals surface area contributed by atoms with Gasteiger partial charge < -0.3 is 4.79 Å². The summed E-state index contributed by atoms with van der Waals surface area (Å²) in [5, 5.41) is 8.19. The Balaban J connectivity index is 0. The van der Waals surface area contributed by atoms with Gasteiger partial charge in [0, 0.05) is 30.0 Å². The minimum Gasteiger partial charge on any atom is -0.300 e. The van der Waals surface area contributed by atoms with Crippen molar-refractivity contribution < 1.29 is 4.79 Å². The zero-order chi connectivity index (χ0) is 26.7. The second-order valence-electron chi connectivity index (χ2n) is 8.45. The summed E-state index contributed by atoms with van der Waals surface area (Å²) >= 11 is 0. The van der Waals surface area contributed by atoms with E-state index >= 15 is 0 Å². The predicted octanol–water partition coefficient (Wildman–Crippen LogP) is 8.82. The van der Waals surface area contributed by atoms with Gasteiger partial charge in [-0.2, -0.15) is 10.2 Å². The van der Waals surface area contributed by atoms with E-state index in [9.17, 15) is 4.79 Å². The minimum absolute atomic E-state index is 0.255. The summed E-state index contributed by atoms with van der Waals surface area (Å²) in [5.41, 5.74) is 9.32. The Labute approximate surface area is 209 Å². The number of benzene rings is 2. The lowest BCUT2D eigenvalue weighted by Gasteiger charge is -2.01. The van der Waals surface area contributed by atoms with Crippen LogP contribution >= 0.6 is 0 Å². The van der Waals surface area contributed by atoms with Gasteiger partial charge in [0.05, 0.1) is 5.69 Å². The molecule has 2 aromatic rings. The fourth-order valence-corrected chi connectivity index (χ4v) is 2.39. The number of ketones is 1. The van der Waals surface area contributed by atoms with Crippen LogP contribution in [0.25, 0.3) is 0 Å². The first-order valence-electron chi connectivity index (χ1n) is 12.1. The molecule has 0 fully saturated rings. The van der Waals surface area contributed by atoms with E-state index in [2.05, 4.69) is 78.4 Å². The van der Waals surface area contributed by atoms with Gasteiger partial charge >= 0.3 is 0 Å². The van der Waals surface area contributed by atoms with Crippen LogP contribution in [0.3, 0.4) is 0 Å². The number of nitrogens with zero attached hydrogens (tertiary/aromatic N) is 3. The molecule has 34 heavy (non-hydrogen) atoms. The Morgan fingerprint density at radius 1 is 0.735 bits per heavy atom. The van der Waals surface area contributed by atoms with Crippen LogP contribution < -0.4 is 0 Å². The molecule has 2 aromatic carbocycles. The van der Waals surface area contributed by atoms with Crippen LogP contribution in [0.2, 0.25) is 0 Å². The molecule has 2 rings (SSSR count). The number of rotatable bonds is 5. The summed E-state index contributed by atoms with van der Waals surface area (Å²) in [4.78, 5) is 14.2. The van der Waals surface area contributed by atoms with E-state index < -0.39 is 0 Å². The molecule has 0 aliphatic carbocycles. The SMILES string of the molecule is CC.CC(C)=N/N=C(/C)Cc1ccc(C)cc1.CC(C)=Nc1ccc(C)cc1C.CCC(C)=O. The molecule has 4 nitrogen and oxygen atoms in total. The second-order valence-corrected chi connectivity index (χ2v) is 8.45. The first-order chi connectivity index (χ1) is 15.9. The van der Waals surface area contributed by atoms with Gasteiger partial charge in [0.2, 0.25) is 0 Å². The maximum atomic E-state index is 9.81. The highest BCUT2D eigenvalue weighted by Gasteiger charge is 1.96. The molecule has 0 radical (unpaired) electrons. The van der Waals surface area contributed by atoms with Crippen LogP contribution in [0.15, 0.2) is 57.7 Å². The molecular weight excluding hydrogens is 418 g/mol. The van der Waals surface area contributed by atoms with Crippen LogP contribution in [0.1, 0.15) is 91.0 Å². The molecule has 0 N–H and O–H groups in total. The summed E-state index contributed by atoms with van der Waals surface area (Å²) in [7, 11) is 0. The maximum Gasteiger partial charge on any atom is 0.129 e. The molecule has 188 valence electrons. The number of Topliss-reactive ketones (excluding diaryl/α,β-unsaturated/α-hetero) is 1. The minimum atomic E-state index is 0.255. The summed E-state index contributed by atoms with van der Waals surface area (Å²) in [6.45, 7) is 23.6. The lowest BCUT2D eigenvalue weighted by atomic mass is 10.1. The fourth-order valence-electron chi connectivity index (χ4n) is 2.39. The second kappa shape index (κ2) is 19.6. The molecule has 0 aliphatic rings. The van der Waals surface area contributed by atoms with E-state index in [0.717, 1.165) is 29.2 Å². The average molecular weight is 466 g/mol. The molecule has 0 saturated carbocycles. The van der Waals surface area contributed by atoms with E-state index in [4.69, 9.17) is 0 Å². The van der Waals surface area contributed by atoms with Crippen molar-refractivity contribution >= 4 is 28.6 Å². The van der Waals surface area contributed by atoms with Crippen molar-refractivity contribution in [2.24, 2.45) is 15.2 Å². The zero-order valence-electron chi connectivity index (χ0n) is 23.7. The van der Waals surface area contributed by atoms with Gasteiger partial charge in [0.1, 0.15) is 5.78 Å². The Morgan fingerprint density at radius 2 is 1.24 bits per heavy atom. The van der Waals surface area contributed by atoms with Crippen LogP contribution in [-0.4, -0.2) is 22.9 Å². The highest BCUT2D eigenvalue weighted by atomic mass is 16.1. The number of hydrogen-bond donors (Lipinski definition) is 0. The van der Waals surface area contributed by atoms with E-state index in [0.29, 0.717) is 6.42 Å². The Bertz CT molecular complexity index is 928. The number of aryl methyl sites for hydroxylation is 3. The van der Waals surface area contributed by atoms with Crippen molar-refractivity contribution in [2.45, 2.75) is 95.9 Å². The van der Waals surface area contributed by atoms with Crippen molar-refractivity contribution in [3.63, 3.8) is 0 Å². The molecule has 0 aromatic heterocycles. The van der Waals surface area contributed by atoms with Gasteiger partial charge in [-0.3, -0.25) is 4.99 Å². The first-order valence-corrected chi connectivity index (χ1v) is 12.1. The van der Waals surface area contributed by atoms with E-state index in [-0.39, 0.29) is 5.78 Å². The van der Waals surface area contributed by atoms with Crippen molar-refractivity contribution in [3.05, 3.63) is 64.7 Å². The summed E-state index contributed by atoms with van der Waals surface area (Å²) in [6.07, 6.45) is 1.54. The highest BCUT2D eigenvalue weighted by Crippen LogP contribution is 2.19. The normalized spacial score (nSPS) is 9.71. The van der Waals surface area contributed by atoms with Crippen molar-refractivity contribution in [1.82, 2.24) is 0 Å². The lowest BCUT2D eigenvalue weighted by Crippen LogP contribution is -1.97. The number of aliphatic imine (C=N–C) groups is 1. The van der Waals surface area contributed by atoms with E-state index in [1.807, 2.05) is 55.4 Å². The molecule has 0 spiro atoms. The molecule has 0 saturated heterocycles. The average Bonchev–Trinajstić information content (AvgIpc) is 2.78. The predicted molar refractivity (Wildman–Crippen MR) is 153 cm³/mol. The molecule has 0 unspecified atom stereocenters. The zero-order valence-corrected chi connectivity index (χ0v) is 23.7. The Morgan fingerprint density at radius 3 is 1.65 bits per heavy atom. The van der Waals surface area contributed by atoms with Crippen molar-refractivity contribution in [1.29, 1.82) is 0 Å². The highest BCUT2D eigenvalue weighted by molar-refractivity contribution is 5.86. The Kier molecular flexibility index (Phi) is 19.2. The van der Waals surface area contributed by atoms with Gasteiger partial charge in [-0.05, 0) is 79.5 Å². The lowest BCUT2D eigenvalue weighted by molar-refractivity contribution is -0.116. The van der Waals surface area contributed by atoms with Crippen LogP contribution in [-0.2, 0) is 11.2 Å². The molecular formula is C30H47N3O. The van der Waals surface area contributed by atoms with Crippen LogP contribution in [0, 0.1) is 20.8 Å². The van der Waals surface area contributed by atoms with E-state index in [1.54, 1.807) is 6.92 Å². The van der Waals surface area contributed by atoms with Crippen LogP contribution in [0.5, 0.6) is 0 Å². The largest absolute Gasteiger partial charge is 0.300 e. The van der Waals surface area contributed by atoms with Crippen molar-refractivity contribution in [3.8, 4) is 0 Å². The number of carbonyl (C=O) groups is 1. The topological polar surface area (TPSA) is 54.1 Å². The molecule has 0 amide bonds. The van der Waals surface area contributed by atoms with Crippen LogP contribution in [0.4, 0.5) is 5.69 Å². The van der Waals surface area contributed by atoms with Gasteiger partial charge in [-0.15, -0.1) is 0 Å². The molecule has 0 atom stereocenters. The number of carbonyl (C=O) groups excluding carboxylic acids is 1. The van der Waals surface area contributed by atoms with Crippen molar-refractivity contribution in [2.75, 3.05) is 0 Å². The monoisotopic (exact) mass is 465 g/mol. The van der Waals surface area contributed by atoms with Gasteiger partial charge in [0.15, 0.2) is 0 Å². The third-order valence-electron chi connectivity index (χ3n) is 4.20. The standard InChI is InChI=1S/C13H18N2.C11H15N.C4H8O.C2H6/c1-10(2)14-15-12(4)9-13-7-5-11(3)6-8-13;1-8(2)12-11-6-5-9(3)7-10(11)4;1-3-4(2)5;1-2/h5-8H,9H2,1-4H3;5-7H,1-4H3;3H2,1-2H3;1-2H3/b15-12-;;;. The molecule has 0 aliphatic heterocycles. The third kappa shape index (κ3) is 18.7. The van der Waals surface area contributed by atoms with Gasteiger partial charge in [0.25, 0.3) is 0 Å². The molecule has 0 heterocycles. The summed E-state index contributed by atoms with van der Waals surface area (Å²) < 4.78 is 0. The Hall–Kier alpha value is -2.88. The summed E-state index contributed by atoms with van der Waals surface area (Å²) in [6, 6.07) is 14.8. The molecule has 0 bridgehead atoms. The fraction of sp³-hybridized carbons (Fsp3) is 0.467.